The SMILES string of the molecule is O=C1c2ccccc2C(=O)c2c1ccc(-c1ccccc1)c2-c1ccccc1.O=P. The van der Waals surface area contributed by atoms with Gasteiger partial charge in [0.2, 0.25) is 0 Å². The molecule has 0 heterocycles. The highest BCUT2D eigenvalue weighted by Gasteiger charge is 2.32. The third-order valence-corrected chi connectivity index (χ3v) is 5.24. The minimum absolute atomic E-state index is 0.0954. The molecule has 1 aliphatic rings. The molecule has 4 aromatic carbocycles. The number of benzene rings is 4. The molecule has 0 fully saturated rings. The van der Waals surface area contributed by atoms with Crippen LogP contribution < -0.4 is 0 Å². The molecular weight excluding hydrogens is 391 g/mol. The smallest absolute Gasteiger partial charge is 0.195 e. The molecule has 5 rings (SSSR count). The van der Waals surface area contributed by atoms with Gasteiger partial charge in [-0.05, 0) is 22.8 Å². The molecule has 0 atom stereocenters. The first-order chi connectivity index (χ1) is 14.8. The highest BCUT2D eigenvalue weighted by molar-refractivity contribution is 7.00. The summed E-state index contributed by atoms with van der Waals surface area (Å²) in [4.78, 5) is 26.6. The van der Waals surface area contributed by atoms with Gasteiger partial charge in [-0.2, -0.15) is 0 Å². The second-order valence-electron chi connectivity index (χ2n) is 6.85. The fraction of sp³-hybridized carbons (Fsp3) is 0. The second kappa shape index (κ2) is 8.36. The largest absolute Gasteiger partial charge is 0.289 e. The molecule has 30 heavy (non-hydrogen) atoms. The lowest BCUT2D eigenvalue weighted by atomic mass is 9.78. The van der Waals surface area contributed by atoms with E-state index in [4.69, 9.17) is 4.57 Å². The van der Waals surface area contributed by atoms with Gasteiger partial charge in [0.1, 0.15) is 9.12 Å². The van der Waals surface area contributed by atoms with Crippen LogP contribution in [0, 0.1) is 0 Å². The number of fused-ring (bicyclic) bond motifs is 2. The third-order valence-electron chi connectivity index (χ3n) is 5.24. The maximum Gasteiger partial charge on any atom is 0.195 e. The maximum absolute atomic E-state index is 13.5. The number of rotatable bonds is 2. The Morgan fingerprint density at radius 1 is 0.400 bits per heavy atom. The van der Waals surface area contributed by atoms with Crippen molar-refractivity contribution in [2.75, 3.05) is 0 Å². The van der Waals surface area contributed by atoms with Crippen LogP contribution in [0.5, 0.6) is 0 Å². The molecule has 0 bridgehead atoms. The predicted octanol–water partition coefficient (Wildman–Crippen LogP) is 6.27. The van der Waals surface area contributed by atoms with Gasteiger partial charge in [-0.3, -0.25) is 14.2 Å². The van der Waals surface area contributed by atoms with Gasteiger partial charge >= 0.3 is 0 Å². The average Bonchev–Trinajstić information content (AvgIpc) is 2.84. The van der Waals surface area contributed by atoms with Crippen LogP contribution in [0.1, 0.15) is 31.8 Å². The second-order valence-corrected chi connectivity index (χ2v) is 6.85. The summed E-state index contributed by atoms with van der Waals surface area (Å²) in [5.74, 6) is -0.191. The lowest BCUT2D eigenvalue weighted by Gasteiger charge is -2.23. The van der Waals surface area contributed by atoms with Crippen molar-refractivity contribution >= 4 is 20.7 Å². The van der Waals surface area contributed by atoms with Gasteiger partial charge in [0.05, 0.1) is 0 Å². The first kappa shape index (κ1) is 19.6. The molecule has 0 unspecified atom stereocenters. The Hall–Kier alpha value is -3.68. The summed E-state index contributed by atoms with van der Waals surface area (Å²) < 4.78 is 8.06. The van der Waals surface area contributed by atoms with Crippen molar-refractivity contribution in [3.05, 3.63) is 119 Å². The molecule has 4 heteroatoms. The summed E-state index contributed by atoms with van der Waals surface area (Å²) in [6, 6.07) is 30.6. The Labute approximate surface area is 176 Å². The average molecular weight is 408 g/mol. The monoisotopic (exact) mass is 408 g/mol. The maximum atomic E-state index is 13.5. The van der Waals surface area contributed by atoms with Crippen molar-refractivity contribution in [2.45, 2.75) is 0 Å². The Bertz CT molecular complexity index is 1250. The zero-order valence-electron chi connectivity index (χ0n) is 16.0. The zero-order valence-corrected chi connectivity index (χ0v) is 17.0. The first-order valence-corrected chi connectivity index (χ1v) is 9.83. The van der Waals surface area contributed by atoms with Gasteiger partial charge < -0.3 is 0 Å². The van der Waals surface area contributed by atoms with Gasteiger partial charge in [0.15, 0.2) is 11.6 Å². The molecule has 144 valence electrons. The number of hydrogen-bond acceptors (Lipinski definition) is 3. The number of hydrogen-bond donors (Lipinski definition) is 0. The van der Waals surface area contributed by atoms with Crippen molar-refractivity contribution in [3.63, 3.8) is 0 Å². The van der Waals surface area contributed by atoms with Crippen molar-refractivity contribution in [1.29, 1.82) is 0 Å². The molecule has 0 spiro atoms. The fourth-order valence-corrected chi connectivity index (χ4v) is 3.95. The number of ketones is 2. The van der Waals surface area contributed by atoms with E-state index in [2.05, 4.69) is 0 Å². The van der Waals surface area contributed by atoms with E-state index in [-0.39, 0.29) is 11.6 Å². The van der Waals surface area contributed by atoms with Gasteiger partial charge in [0.25, 0.3) is 0 Å². The Kier molecular flexibility index (Phi) is 5.47. The third kappa shape index (κ3) is 3.20. The topological polar surface area (TPSA) is 51.2 Å². The van der Waals surface area contributed by atoms with Crippen molar-refractivity contribution in [1.82, 2.24) is 0 Å². The first-order valence-electron chi connectivity index (χ1n) is 9.42. The van der Waals surface area contributed by atoms with Crippen LogP contribution in [-0.2, 0) is 4.57 Å². The van der Waals surface area contributed by atoms with Gasteiger partial charge in [0, 0.05) is 27.8 Å². The fourth-order valence-electron chi connectivity index (χ4n) is 3.95. The molecule has 0 radical (unpaired) electrons. The van der Waals surface area contributed by atoms with Crippen LogP contribution in [0.2, 0.25) is 0 Å². The van der Waals surface area contributed by atoms with E-state index in [9.17, 15) is 9.59 Å². The Morgan fingerprint density at radius 2 is 0.867 bits per heavy atom. The Morgan fingerprint density at radius 3 is 1.47 bits per heavy atom. The minimum Gasteiger partial charge on any atom is -0.289 e. The van der Waals surface area contributed by atoms with Crippen molar-refractivity contribution in [3.8, 4) is 22.3 Å². The minimum atomic E-state index is -0.0955. The molecule has 0 aromatic heterocycles. The van der Waals surface area contributed by atoms with Crippen molar-refractivity contribution < 1.29 is 14.2 Å². The number of carbonyl (C=O) groups is 2. The summed E-state index contributed by atoms with van der Waals surface area (Å²) in [5, 5.41) is 0. The molecule has 4 aromatic rings. The zero-order chi connectivity index (χ0) is 21.1. The molecule has 3 nitrogen and oxygen atoms in total. The van der Waals surface area contributed by atoms with E-state index >= 15 is 0 Å². The van der Waals surface area contributed by atoms with Crippen LogP contribution in [-0.4, -0.2) is 11.6 Å². The summed E-state index contributed by atoms with van der Waals surface area (Å²) >= 11 is 0. The van der Waals surface area contributed by atoms with Gasteiger partial charge in [-0.25, -0.2) is 0 Å². The van der Waals surface area contributed by atoms with Crippen LogP contribution in [0.3, 0.4) is 0 Å². The molecule has 0 N–H and O–H groups in total. The molecular formula is C26H17O3P. The molecule has 1 aliphatic carbocycles. The van der Waals surface area contributed by atoms with E-state index in [1.807, 2.05) is 66.7 Å². The summed E-state index contributed by atoms with van der Waals surface area (Å²) in [7, 11) is 1.72. The quantitative estimate of drug-likeness (QED) is 0.324. The van der Waals surface area contributed by atoms with Crippen molar-refractivity contribution in [2.24, 2.45) is 0 Å². The van der Waals surface area contributed by atoms with Crippen LogP contribution >= 0.6 is 9.12 Å². The van der Waals surface area contributed by atoms with E-state index < -0.39 is 0 Å². The summed E-state index contributed by atoms with van der Waals surface area (Å²) in [6.07, 6.45) is 0. The molecule has 0 aliphatic heterocycles. The number of carbonyl (C=O) groups excluding carboxylic acids is 2. The summed E-state index contributed by atoms with van der Waals surface area (Å²) in [5.41, 5.74) is 5.64. The molecule has 0 saturated heterocycles. The molecule has 0 saturated carbocycles. The predicted molar refractivity (Wildman–Crippen MR) is 120 cm³/mol. The van der Waals surface area contributed by atoms with Crippen LogP contribution in [0.15, 0.2) is 97.1 Å². The Balaban J connectivity index is 0.00000106. The van der Waals surface area contributed by atoms with Crippen LogP contribution in [0.25, 0.3) is 22.3 Å². The normalized spacial score (nSPS) is 11.7. The highest BCUT2D eigenvalue weighted by atomic mass is 31.0. The van der Waals surface area contributed by atoms with Gasteiger partial charge in [-0.1, -0.05) is 91.0 Å². The standard InChI is InChI=1S/C26H16O2.HOP/c27-25-20-13-7-8-14-21(20)26(28)24-22(25)16-15-19(17-9-3-1-4-10-17)23(24)18-11-5-2-6-12-18;1-2/h1-16H;2H. The molecule has 0 amide bonds. The van der Waals surface area contributed by atoms with E-state index in [0.29, 0.717) is 22.3 Å². The highest BCUT2D eigenvalue weighted by Crippen LogP contribution is 2.40. The van der Waals surface area contributed by atoms with E-state index in [1.165, 1.54) is 0 Å². The lowest BCUT2D eigenvalue weighted by Crippen LogP contribution is -2.22. The van der Waals surface area contributed by atoms with E-state index in [1.54, 1.807) is 39.5 Å². The van der Waals surface area contributed by atoms with Crippen LogP contribution in [0.4, 0.5) is 0 Å². The lowest BCUT2D eigenvalue weighted by molar-refractivity contribution is 0.0979. The van der Waals surface area contributed by atoms with E-state index in [0.717, 1.165) is 22.3 Å². The van der Waals surface area contributed by atoms with Gasteiger partial charge in [-0.15, -0.1) is 0 Å². The summed E-state index contributed by atoms with van der Waals surface area (Å²) in [6.45, 7) is 0.